The molecule has 2 bridgehead atoms. The lowest BCUT2D eigenvalue weighted by atomic mass is 9.70. The second-order valence-corrected chi connectivity index (χ2v) is 11.1. The first-order valence-corrected chi connectivity index (χ1v) is 13.0. The van der Waals surface area contributed by atoms with E-state index in [1.807, 2.05) is 20.8 Å². The summed E-state index contributed by atoms with van der Waals surface area (Å²) in [5.74, 6) is -3.15. The first-order valence-electron chi connectivity index (χ1n) is 13.0. The number of allylic oxidation sites excluding steroid dienone is 1. The van der Waals surface area contributed by atoms with Crippen molar-refractivity contribution in [3.8, 4) is 0 Å². The highest BCUT2D eigenvalue weighted by atomic mass is 16.6. The summed E-state index contributed by atoms with van der Waals surface area (Å²) in [7, 11) is 0. The molecule has 1 spiro atoms. The van der Waals surface area contributed by atoms with E-state index in [-0.39, 0.29) is 44.0 Å². The van der Waals surface area contributed by atoms with Crippen LogP contribution in [-0.4, -0.2) is 94.2 Å². The molecular weight excluding hydrogens is 478 g/mol. The molecule has 0 aromatic heterocycles. The van der Waals surface area contributed by atoms with Crippen LogP contribution in [0.1, 0.15) is 53.4 Å². The predicted octanol–water partition coefficient (Wildman–Crippen LogP) is 1.18. The van der Waals surface area contributed by atoms with Crippen LogP contribution in [-0.2, 0) is 28.7 Å². The molecule has 0 aromatic rings. The zero-order chi connectivity index (χ0) is 27.5. The molecule has 3 fully saturated rings. The molecule has 206 valence electrons. The number of fused-ring (bicyclic) bond motifs is 1. The van der Waals surface area contributed by atoms with E-state index in [2.05, 4.69) is 18.5 Å². The Morgan fingerprint density at radius 3 is 2.62 bits per heavy atom. The number of rotatable bonds is 12. The quantitative estimate of drug-likeness (QED) is 0.293. The molecule has 6 atom stereocenters. The van der Waals surface area contributed by atoms with Gasteiger partial charge in [-0.2, -0.15) is 0 Å². The Morgan fingerprint density at radius 1 is 1.32 bits per heavy atom. The van der Waals surface area contributed by atoms with Crippen molar-refractivity contribution in [1.82, 2.24) is 15.1 Å². The molecule has 37 heavy (non-hydrogen) atoms. The van der Waals surface area contributed by atoms with Gasteiger partial charge in [0.1, 0.15) is 17.7 Å². The molecule has 3 saturated heterocycles. The van der Waals surface area contributed by atoms with Gasteiger partial charge >= 0.3 is 5.97 Å². The molecule has 0 saturated carbocycles. The largest absolute Gasteiger partial charge is 0.460 e. The van der Waals surface area contributed by atoms with Crippen molar-refractivity contribution >= 4 is 23.7 Å². The molecular formula is C27H41N3O7. The summed E-state index contributed by atoms with van der Waals surface area (Å²) in [5, 5.41) is 12.4. The second kappa shape index (κ2) is 11.3. The standard InChI is InChI=1S/C27H41N3O7/c1-7-9-10-19(32)28-16-17(3)36-25(35)20-18-11-12-27(37-18)21(20)23(33)29(14-15-31)22(27)24(34)30(13-8-2)26(4,5)6/h7-8,17-18,20-22,31H,1-2,9-16H2,3-6H3,(H,28,32)/t17-,18-,20+,21+,22-,27+/m0/s1. The SMILES string of the molecule is C=CCCC(=O)NC[C@H](C)OC(=O)[C@@H]1[C@@H]2CC[C@]3(O2)[C@H](C(=O)N(CC=C)C(C)(C)C)N(CCO)C(=O)[C@@H]13. The maximum Gasteiger partial charge on any atom is 0.312 e. The maximum atomic E-state index is 14.0. The number of esters is 1. The topological polar surface area (TPSA) is 125 Å². The summed E-state index contributed by atoms with van der Waals surface area (Å²) in [6, 6.07) is -0.958. The van der Waals surface area contributed by atoms with Gasteiger partial charge in [0.2, 0.25) is 17.7 Å². The van der Waals surface area contributed by atoms with Crippen LogP contribution in [0.4, 0.5) is 0 Å². The number of likely N-dealkylation sites (tertiary alicyclic amines) is 1. The van der Waals surface area contributed by atoms with E-state index in [1.165, 1.54) is 4.90 Å². The van der Waals surface area contributed by atoms with E-state index in [0.29, 0.717) is 25.7 Å². The Kier molecular flexibility index (Phi) is 8.85. The number of carbonyl (C=O) groups is 4. The van der Waals surface area contributed by atoms with Crippen LogP contribution in [0.5, 0.6) is 0 Å². The number of ether oxygens (including phenoxy) is 2. The normalized spacial score (nSPS) is 29.0. The van der Waals surface area contributed by atoms with Crippen LogP contribution in [0.15, 0.2) is 25.3 Å². The Bertz CT molecular complexity index is 929. The van der Waals surface area contributed by atoms with Gasteiger partial charge in [0.25, 0.3) is 0 Å². The van der Waals surface area contributed by atoms with Crippen molar-refractivity contribution in [3.63, 3.8) is 0 Å². The fraction of sp³-hybridized carbons (Fsp3) is 0.704. The summed E-state index contributed by atoms with van der Waals surface area (Å²) >= 11 is 0. The summed E-state index contributed by atoms with van der Waals surface area (Å²) in [5.41, 5.74) is -1.71. The van der Waals surface area contributed by atoms with Gasteiger partial charge in [-0.05, 0) is 47.0 Å². The zero-order valence-electron chi connectivity index (χ0n) is 22.4. The van der Waals surface area contributed by atoms with Crippen molar-refractivity contribution < 1.29 is 33.8 Å². The lowest BCUT2D eigenvalue weighted by Crippen LogP contribution is -2.60. The summed E-state index contributed by atoms with van der Waals surface area (Å²) in [6.45, 7) is 14.8. The number of hydrogen-bond donors (Lipinski definition) is 2. The first-order chi connectivity index (χ1) is 17.4. The van der Waals surface area contributed by atoms with E-state index >= 15 is 0 Å². The highest BCUT2D eigenvalue weighted by Gasteiger charge is 2.75. The smallest absolute Gasteiger partial charge is 0.312 e. The number of nitrogens with one attached hydrogen (secondary N) is 1. The van der Waals surface area contributed by atoms with Crippen molar-refractivity contribution in [2.75, 3.05) is 26.2 Å². The monoisotopic (exact) mass is 519 g/mol. The molecule has 3 heterocycles. The molecule has 0 aromatic carbocycles. The molecule has 10 nitrogen and oxygen atoms in total. The van der Waals surface area contributed by atoms with Gasteiger partial charge in [-0.25, -0.2) is 0 Å². The van der Waals surface area contributed by atoms with Gasteiger partial charge in [-0.1, -0.05) is 12.2 Å². The van der Waals surface area contributed by atoms with Crippen LogP contribution in [0.2, 0.25) is 0 Å². The van der Waals surface area contributed by atoms with Crippen molar-refractivity contribution in [2.24, 2.45) is 11.8 Å². The highest BCUT2D eigenvalue weighted by Crippen LogP contribution is 2.58. The molecule has 0 unspecified atom stereocenters. The lowest BCUT2D eigenvalue weighted by molar-refractivity contribution is -0.159. The highest BCUT2D eigenvalue weighted by molar-refractivity contribution is 5.98. The Balaban J connectivity index is 1.83. The fourth-order valence-corrected chi connectivity index (χ4v) is 5.92. The predicted molar refractivity (Wildman–Crippen MR) is 136 cm³/mol. The number of aliphatic hydroxyl groups is 1. The zero-order valence-corrected chi connectivity index (χ0v) is 22.4. The third-order valence-corrected chi connectivity index (χ3v) is 7.51. The Hall–Kier alpha value is -2.72. The molecule has 2 N–H and O–H groups in total. The summed E-state index contributed by atoms with van der Waals surface area (Å²) in [4.78, 5) is 55.9. The second-order valence-electron chi connectivity index (χ2n) is 11.1. The van der Waals surface area contributed by atoms with Gasteiger partial charge in [0.05, 0.1) is 31.1 Å². The van der Waals surface area contributed by atoms with Gasteiger partial charge in [-0.3, -0.25) is 19.2 Å². The Labute approximate surface area is 219 Å². The molecule has 0 radical (unpaired) electrons. The molecule has 3 amide bonds. The molecule has 0 aliphatic carbocycles. The Morgan fingerprint density at radius 2 is 2.03 bits per heavy atom. The van der Waals surface area contributed by atoms with Gasteiger partial charge in [0, 0.05) is 25.0 Å². The van der Waals surface area contributed by atoms with Crippen molar-refractivity contribution in [2.45, 2.75) is 82.8 Å². The number of nitrogens with zero attached hydrogens (tertiary/aromatic N) is 2. The van der Waals surface area contributed by atoms with Crippen LogP contribution in [0.3, 0.4) is 0 Å². The van der Waals surface area contributed by atoms with E-state index in [4.69, 9.17) is 9.47 Å². The minimum atomic E-state index is -1.16. The third kappa shape index (κ3) is 5.45. The van der Waals surface area contributed by atoms with Gasteiger partial charge in [-0.15, -0.1) is 13.2 Å². The van der Waals surface area contributed by atoms with Crippen LogP contribution in [0.25, 0.3) is 0 Å². The molecule has 3 aliphatic rings. The van der Waals surface area contributed by atoms with E-state index in [0.717, 1.165) is 0 Å². The molecule has 3 aliphatic heterocycles. The number of carbonyl (C=O) groups excluding carboxylic acids is 4. The minimum Gasteiger partial charge on any atom is -0.460 e. The van der Waals surface area contributed by atoms with Crippen molar-refractivity contribution in [3.05, 3.63) is 25.3 Å². The van der Waals surface area contributed by atoms with Crippen LogP contribution >= 0.6 is 0 Å². The first kappa shape index (κ1) is 28.8. The van der Waals surface area contributed by atoms with Crippen LogP contribution in [0, 0.1) is 11.8 Å². The average Bonchev–Trinajstić information content (AvgIpc) is 3.46. The summed E-state index contributed by atoms with van der Waals surface area (Å²) in [6.07, 6.45) is 3.97. The number of aliphatic hydroxyl groups excluding tert-OH is 1. The van der Waals surface area contributed by atoms with E-state index in [1.54, 1.807) is 24.0 Å². The van der Waals surface area contributed by atoms with Crippen molar-refractivity contribution in [1.29, 1.82) is 0 Å². The average molecular weight is 520 g/mol. The molecule has 10 heteroatoms. The molecule has 3 rings (SSSR count). The number of hydrogen-bond acceptors (Lipinski definition) is 7. The fourth-order valence-electron chi connectivity index (χ4n) is 5.92. The van der Waals surface area contributed by atoms with Gasteiger partial charge in [0.15, 0.2) is 0 Å². The number of amides is 3. The third-order valence-electron chi connectivity index (χ3n) is 7.51. The van der Waals surface area contributed by atoms with Gasteiger partial charge < -0.3 is 29.7 Å². The minimum absolute atomic E-state index is 0.0392. The summed E-state index contributed by atoms with van der Waals surface area (Å²) < 4.78 is 12.0. The van der Waals surface area contributed by atoms with Crippen LogP contribution < -0.4 is 5.32 Å². The van der Waals surface area contributed by atoms with E-state index < -0.39 is 47.2 Å². The van der Waals surface area contributed by atoms with E-state index in [9.17, 15) is 24.3 Å². The maximum absolute atomic E-state index is 14.0. The number of β-amino-alcohol motifs (C(OH)–C–C–N with tert-alkyl or cyclic N) is 1. The lowest BCUT2D eigenvalue weighted by Gasteiger charge is -2.41.